The zero-order chi connectivity index (χ0) is 17.6. The summed E-state index contributed by atoms with van der Waals surface area (Å²) in [6.07, 6.45) is 4.53. The summed E-state index contributed by atoms with van der Waals surface area (Å²) in [4.78, 5) is 4.68. The monoisotopic (exact) mass is 358 g/mol. The summed E-state index contributed by atoms with van der Waals surface area (Å²) in [6, 6.07) is 11.1. The van der Waals surface area contributed by atoms with Gasteiger partial charge in [0.1, 0.15) is 0 Å². The van der Waals surface area contributed by atoms with Gasteiger partial charge in [-0.25, -0.2) is 13.4 Å². The van der Waals surface area contributed by atoms with Gasteiger partial charge < -0.3 is 4.74 Å². The third kappa shape index (κ3) is 2.73. The van der Waals surface area contributed by atoms with Gasteiger partial charge in [-0.15, -0.1) is 0 Å². The molecule has 5 nitrogen and oxygen atoms in total. The molecule has 2 aliphatic heterocycles. The van der Waals surface area contributed by atoms with Gasteiger partial charge in [-0.2, -0.15) is 4.31 Å². The van der Waals surface area contributed by atoms with Gasteiger partial charge in [0, 0.05) is 30.3 Å². The number of ether oxygens (including phenoxy) is 1. The van der Waals surface area contributed by atoms with Crippen molar-refractivity contribution in [1.82, 2.24) is 9.29 Å². The maximum atomic E-state index is 13.2. The molecule has 2 aliphatic rings. The van der Waals surface area contributed by atoms with Crippen LogP contribution in [-0.4, -0.2) is 36.9 Å². The van der Waals surface area contributed by atoms with Crippen LogP contribution in [0.15, 0.2) is 47.5 Å². The number of aromatic nitrogens is 1. The summed E-state index contributed by atoms with van der Waals surface area (Å²) in [5.74, 6) is 0.786. The molecule has 3 heterocycles. The SMILES string of the molecule is COc1ccc([C@@H]2C[C@@H]3CC[C@H]2N3S(=O)(=O)c2ccc(C)cc2)cn1. The fourth-order valence-corrected chi connectivity index (χ4v) is 6.15. The van der Waals surface area contributed by atoms with E-state index in [9.17, 15) is 8.42 Å². The standard InChI is InChI=1S/C19H22N2O3S/c1-13-3-7-16(8-4-13)25(22,23)21-15-6-9-18(21)17(11-15)14-5-10-19(24-2)20-12-14/h3-5,7-8,10,12,15,17-18H,6,9,11H2,1-2H3/t15-,17-,18+/m0/s1. The molecule has 2 aromatic rings. The van der Waals surface area contributed by atoms with Gasteiger partial charge in [0.05, 0.1) is 12.0 Å². The number of pyridine rings is 1. The Morgan fingerprint density at radius 1 is 1.12 bits per heavy atom. The Labute approximate surface area is 148 Å². The highest BCUT2D eigenvalue weighted by Gasteiger charge is 2.52. The molecule has 0 radical (unpaired) electrons. The quantitative estimate of drug-likeness (QED) is 0.843. The normalized spacial score (nSPS) is 26.1. The maximum absolute atomic E-state index is 13.2. The molecule has 0 spiro atoms. The minimum absolute atomic E-state index is 0.0199. The third-order valence-electron chi connectivity index (χ3n) is 5.47. The summed E-state index contributed by atoms with van der Waals surface area (Å²) >= 11 is 0. The summed E-state index contributed by atoms with van der Waals surface area (Å²) in [5, 5.41) is 0. The Bertz CT molecular complexity index is 863. The first kappa shape index (κ1) is 16.5. The lowest BCUT2D eigenvalue weighted by Crippen LogP contribution is -2.36. The summed E-state index contributed by atoms with van der Waals surface area (Å²) < 4.78 is 33.2. The molecule has 2 bridgehead atoms. The molecule has 0 unspecified atom stereocenters. The second-order valence-corrected chi connectivity index (χ2v) is 8.77. The first-order valence-electron chi connectivity index (χ1n) is 8.61. The Hall–Kier alpha value is -1.92. The first-order chi connectivity index (χ1) is 12.0. The fourth-order valence-electron chi connectivity index (χ4n) is 4.24. The van der Waals surface area contributed by atoms with E-state index < -0.39 is 10.0 Å². The average Bonchev–Trinajstić information content (AvgIpc) is 3.21. The highest BCUT2D eigenvalue weighted by molar-refractivity contribution is 7.89. The minimum atomic E-state index is -3.46. The van der Waals surface area contributed by atoms with Crippen molar-refractivity contribution in [3.63, 3.8) is 0 Å². The zero-order valence-electron chi connectivity index (χ0n) is 14.4. The van der Waals surface area contributed by atoms with Crippen molar-refractivity contribution in [2.24, 2.45) is 0 Å². The Kier molecular flexibility index (Phi) is 4.04. The third-order valence-corrected chi connectivity index (χ3v) is 7.46. The van der Waals surface area contributed by atoms with Gasteiger partial charge in [0.15, 0.2) is 0 Å². The fraction of sp³-hybridized carbons (Fsp3) is 0.421. The van der Waals surface area contributed by atoms with E-state index in [1.165, 1.54) is 0 Å². The zero-order valence-corrected chi connectivity index (χ0v) is 15.2. The van der Waals surface area contributed by atoms with Crippen molar-refractivity contribution in [2.75, 3.05) is 7.11 Å². The highest BCUT2D eigenvalue weighted by atomic mass is 32.2. The predicted molar refractivity (Wildman–Crippen MR) is 95.2 cm³/mol. The summed E-state index contributed by atoms with van der Waals surface area (Å²) in [5.41, 5.74) is 2.16. The molecule has 4 rings (SSSR count). The first-order valence-corrected chi connectivity index (χ1v) is 10.0. The van der Waals surface area contributed by atoms with Crippen molar-refractivity contribution < 1.29 is 13.2 Å². The smallest absolute Gasteiger partial charge is 0.243 e. The van der Waals surface area contributed by atoms with Crippen molar-refractivity contribution in [2.45, 2.75) is 49.1 Å². The van der Waals surface area contributed by atoms with Gasteiger partial charge >= 0.3 is 0 Å². The second kappa shape index (κ2) is 6.11. The van der Waals surface area contributed by atoms with E-state index in [0.717, 1.165) is 30.4 Å². The van der Waals surface area contributed by atoms with E-state index in [1.807, 2.05) is 37.4 Å². The van der Waals surface area contributed by atoms with Crippen molar-refractivity contribution in [3.8, 4) is 5.88 Å². The molecular weight excluding hydrogens is 336 g/mol. The van der Waals surface area contributed by atoms with Gasteiger partial charge in [-0.05, 0) is 43.9 Å². The molecule has 1 aromatic heterocycles. The van der Waals surface area contributed by atoms with E-state index in [0.29, 0.717) is 10.8 Å². The van der Waals surface area contributed by atoms with Gasteiger partial charge in [0.25, 0.3) is 0 Å². The number of rotatable bonds is 4. The molecule has 0 N–H and O–H groups in total. The predicted octanol–water partition coefficient (Wildman–Crippen LogP) is 3.11. The van der Waals surface area contributed by atoms with Crippen LogP contribution in [0.25, 0.3) is 0 Å². The lowest BCUT2D eigenvalue weighted by molar-refractivity contribution is 0.386. The minimum Gasteiger partial charge on any atom is -0.481 e. The van der Waals surface area contributed by atoms with Crippen molar-refractivity contribution >= 4 is 10.0 Å². The number of sulfonamides is 1. The largest absolute Gasteiger partial charge is 0.481 e. The van der Waals surface area contributed by atoms with Crippen molar-refractivity contribution in [1.29, 1.82) is 0 Å². The van der Waals surface area contributed by atoms with E-state index in [-0.39, 0.29) is 18.0 Å². The molecule has 0 amide bonds. The van der Waals surface area contributed by atoms with Gasteiger partial charge in [-0.1, -0.05) is 23.8 Å². The molecule has 6 heteroatoms. The number of nitrogens with zero attached hydrogens (tertiary/aromatic N) is 2. The lowest BCUT2D eigenvalue weighted by Gasteiger charge is -2.24. The highest BCUT2D eigenvalue weighted by Crippen LogP contribution is 2.49. The van der Waals surface area contributed by atoms with E-state index in [1.54, 1.807) is 23.5 Å². The van der Waals surface area contributed by atoms with Crippen LogP contribution in [0.3, 0.4) is 0 Å². The summed E-state index contributed by atoms with van der Waals surface area (Å²) in [7, 11) is -1.86. The number of hydrogen-bond donors (Lipinski definition) is 0. The van der Waals surface area contributed by atoms with Crippen LogP contribution in [-0.2, 0) is 10.0 Å². The molecule has 0 saturated carbocycles. The molecular formula is C19H22N2O3S. The summed E-state index contributed by atoms with van der Waals surface area (Å²) in [6.45, 7) is 1.96. The molecule has 0 aliphatic carbocycles. The Balaban J connectivity index is 1.64. The van der Waals surface area contributed by atoms with Crippen LogP contribution in [0.5, 0.6) is 5.88 Å². The number of hydrogen-bond acceptors (Lipinski definition) is 4. The van der Waals surface area contributed by atoms with Crippen LogP contribution in [0.1, 0.15) is 36.3 Å². The van der Waals surface area contributed by atoms with Gasteiger partial charge in [-0.3, -0.25) is 0 Å². The van der Waals surface area contributed by atoms with Crippen LogP contribution >= 0.6 is 0 Å². The number of methoxy groups -OCH3 is 1. The Morgan fingerprint density at radius 3 is 2.52 bits per heavy atom. The molecule has 1 aromatic carbocycles. The number of benzene rings is 1. The maximum Gasteiger partial charge on any atom is 0.243 e. The van der Waals surface area contributed by atoms with Crippen LogP contribution in [0.4, 0.5) is 0 Å². The molecule has 25 heavy (non-hydrogen) atoms. The van der Waals surface area contributed by atoms with E-state index in [4.69, 9.17) is 4.74 Å². The van der Waals surface area contributed by atoms with Crippen LogP contribution in [0, 0.1) is 6.92 Å². The topological polar surface area (TPSA) is 59.5 Å². The molecule has 3 atom stereocenters. The van der Waals surface area contributed by atoms with Crippen LogP contribution in [0.2, 0.25) is 0 Å². The average molecular weight is 358 g/mol. The molecule has 132 valence electrons. The van der Waals surface area contributed by atoms with Gasteiger partial charge in [0.2, 0.25) is 15.9 Å². The number of aryl methyl sites for hydroxylation is 1. The van der Waals surface area contributed by atoms with Crippen LogP contribution < -0.4 is 4.74 Å². The Morgan fingerprint density at radius 2 is 1.88 bits per heavy atom. The number of fused-ring (bicyclic) bond motifs is 2. The second-order valence-electron chi connectivity index (χ2n) is 6.92. The molecule has 2 saturated heterocycles. The van der Waals surface area contributed by atoms with E-state index >= 15 is 0 Å². The molecule has 2 fully saturated rings. The van der Waals surface area contributed by atoms with E-state index in [2.05, 4.69) is 4.98 Å². The van der Waals surface area contributed by atoms with Crippen molar-refractivity contribution in [3.05, 3.63) is 53.7 Å². The lowest BCUT2D eigenvalue weighted by atomic mass is 9.85.